The second-order valence-corrected chi connectivity index (χ2v) is 7.76. The predicted molar refractivity (Wildman–Crippen MR) is 127 cm³/mol. The maximum absolute atomic E-state index is 12.3. The minimum absolute atomic E-state index is 0.166. The van der Waals surface area contributed by atoms with Crippen LogP contribution in [0.25, 0.3) is 0 Å². The van der Waals surface area contributed by atoms with Crippen molar-refractivity contribution in [2.75, 3.05) is 6.61 Å². The number of hydrogen-bond donors (Lipinski definition) is 1. The van der Waals surface area contributed by atoms with E-state index in [9.17, 15) is 10.1 Å². The number of nitrogens with one attached hydrogen (secondary N) is 1. The van der Waals surface area contributed by atoms with Gasteiger partial charge in [0.05, 0.1) is 35.0 Å². The number of rotatable bonds is 8. The van der Waals surface area contributed by atoms with Crippen molar-refractivity contribution in [1.82, 2.24) is 5.43 Å². The van der Waals surface area contributed by atoms with E-state index in [-0.39, 0.29) is 12.5 Å². The Labute approximate surface area is 199 Å². The Bertz CT molecular complexity index is 1190. The molecule has 0 spiro atoms. The van der Waals surface area contributed by atoms with E-state index in [1.54, 1.807) is 42.5 Å². The maximum atomic E-state index is 12.3. The molecule has 0 saturated heterocycles. The van der Waals surface area contributed by atoms with Crippen molar-refractivity contribution in [1.29, 1.82) is 5.26 Å². The lowest BCUT2D eigenvalue weighted by atomic mass is 10.1. The standard InChI is InChI=1S/C24H19BrClN3O3/c1-2-31-22-12-16(14-28-29-24(30)19-9-5-6-10-20(19)25)11-21(26)23(22)32-15-18-8-4-3-7-17(18)13-27/h3-12,14H,2,15H2,1H3,(H,29,30)/b28-14-. The van der Waals surface area contributed by atoms with E-state index in [2.05, 4.69) is 32.5 Å². The number of hydrogen-bond acceptors (Lipinski definition) is 5. The molecule has 1 amide bonds. The summed E-state index contributed by atoms with van der Waals surface area (Å²) in [7, 11) is 0. The van der Waals surface area contributed by atoms with Gasteiger partial charge < -0.3 is 9.47 Å². The molecular weight excluding hydrogens is 494 g/mol. The van der Waals surface area contributed by atoms with Gasteiger partial charge in [0.15, 0.2) is 11.5 Å². The molecule has 162 valence electrons. The summed E-state index contributed by atoms with van der Waals surface area (Å²) in [5, 5.41) is 13.6. The number of nitrogens with zero attached hydrogens (tertiary/aromatic N) is 2. The van der Waals surface area contributed by atoms with Crippen molar-refractivity contribution in [3.8, 4) is 17.6 Å². The quantitative estimate of drug-likeness (QED) is 0.309. The summed E-state index contributed by atoms with van der Waals surface area (Å²) in [6.45, 7) is 2.42. The van der Waals surface area contributed by atoms with Crippen molar-refractivity contribution in [2.45, 2.75) is 13.5 Å². The SMILES string of the molecule is CCOc1cc(/C=N\NC(=O)c2ccccc2Br)cc(Cl)c1OCc1ccccc1C#N. The molecule has 0 unspecified atom stereocenters. The lowest BCUT2D eigenvalue weighted by Gasteiger charge is -2.15. The molecule has 1 N–H and O–H groups in total. The molecule has 8 heteroatoms. The molecular formula is C24H19BrClN3O3. The highest BCUT2D eigenvalue weighted by Crippen LogP contribution is 2.37. The largest absolute Gasteiger partial charge is 0.490 e. The lowest BCUT2D eigenvalue weighted by Crippen LogP contribution is -2.18. The van der Waals surface area contributed by atoms with Crippen molar-refractivity contribution in [2.24, 2.45) is 5.10 Å². The van der Waals surface area contributed by atoms with E-state index in [1.807, 2.05) is 25.1 Å². The monoisotopic (exact) mass is 511 g/mol. The first kappa shape index (κ1) is 23.3. The van der Waals surface area contributed by atoms with E-state index in [4.69, 9.17) is 21.1 Å². The minimum atomic E-state index is -0.346. The van der Waals surface area contributed by atoms with Crippen molar-refractivity contribution < 1.29 is 14.3 Å². The maximum Gasteiger partial charge on any atom is 0.272 e. The zero-order chi connectivity index (χ0) is 22.9. The lowest BCUT2D eigenvalue weighted by molar-refractivity contribution is 0.0954. The van der Waals surface area contributed by atoms with Crippen LogP contribution in [0, 0.1) is 11.3 Å². The summed E-state index contributed by atoms with van der Waals surface area (Å²) >= 11 is 9.78. The van der Waals surface area contributed by atoms with Crippen LogP contribution in [-0.2, 0) is 6.61 Å². The molecule has 0 aliphatic heterocycles. The number of ether oxygens (including phenoxy) is 2. The number of carbonyl (C=O) groups excluding carboxylic acids is 1. The summed E-state index contributed by atoms with van der Waals surface area (Å²) in [4.78, 5) is 12.3. The molecule has 0 heterocycles. The molecule has 6 nitrogen and oxygen atoms in total. The van der Waals surface area contributed by atoms with Gasteiger partial charge in [-0.25, -0.2) is 5.43 Å². The highest BCUT2D eigenvalue weighted by Gasteiger charge is 2.14. The fourth-order valence-electron chi connectivity index (χ4n) is 2.84. The molecule has 0 radical (unpaired) electrons. The van der Waals surface area contributed by atoms with Gasteiger partial charge in [0.2, 0.25) is 0 Å². The van der Waals surface area contributed by atoms with Crippen LogP contribution in [0.4, 0.5) is 0 Å². The molecule has 3 aromatic rings. The van der Waals surface area contributed by atoms with Gasteiger partial charge in [-0.1, -0.05) is 41.9 Å². The molecule has 0 aliphatic rings. The molecule has 32 heavy (non-hydrogen) atoms. The van der Waals surface area contributed by atoms with Crippen molar-refractivity contribution in [3.63, 3.8) is 0 Å². The molecule has 0 saturated carbocycles. The summed E-state index contributed by atoms with van der Waals surface area (Å²) in [5.41, 5.74) is 4.86. The first-order chi connectivity index (χ1) is 15.5. The number of halogens is 2. The molecule has 0 aliphatic carbocycles. The molecule has 0 atom stereocenters. The van der Waals surface area contributed by atoms with Gasteiger partial charge in [0, 0.05) is 10.0 Å². The molecule has 0 fully saturated rings. The Balaban J connectivity index is 1.76. The number of carbonyl (C=O) groups is 1. The van der Waals surface area contributed by atoms with E-state index in [0.717, 1.165) is 5.56 Å². The second-order valence-electron chi connectivity index (χ2n) is 6.50. The third-order valence-electron chi connectivity index (χ3n) is 4.34. The first-order valence-corrected chi connectivity index (χ1v) is 10.9. The summed E-state index contributed by atoms with van der Waals surface area (Å²) in [6.07, 6.45) is 1.47. The minimum Gasteiger partial charge on any atom is -0.490 e. The number of benzene rings is 3. The Morgan fingerprint density at radius 1 is 1.19 bits per heavy atom. The van der Waals surface area contributed by atoms with Crippen LogP contribution in [0.5, 0.6) is 11.5 Å². The van der Waals surface area contributed by atoms with Gasteiger partial charge in [0.25, 0.3) is 5.91 Å². The van der Waals surface area contributed by atoms with Crippen LogP contribution in [0.3, 0.4) is 0 Å². The van der Waals surface area contributed by atoms with Gasteiger partial charge >= 0.3 is 0 Å². The van der Waals surface area contributed by atoms with Gasteiger partial charge in [0.1, 0.15) is 6.61 Å². The van der Waals surface area contributed by atoms with E-state index in [1.165, 1.54) is 6.21 Å². The number of hydrazone groups is 1. The molecule has 0 aromatic heterocycles. The van der Waals surface area contributed by atoms with Crippen LogP contribution in [0.2, 0.25) is 5.02 Å². The third kappa shape index (κ3) is 5.88. The molecule has 3 rings (SSSR count). The fraction of sp³-hybridized carbons (Fsp3) is 0.125. The van der Waals surface area contributed by atoms with Gasteiger partial charge in [-0.05, 0) is 58.7 Å². The van der Waals surface area contributed by atoms with Crippen LogP contribution < -0.4 is 14.9 Å². The van der Waals surface area contributed by atoms with Gasteiger partial charge in [-0.2, -0.15) is 10.4 Å². The highest BCUT2D eigenvalue weighted by atomic mass is 79.9. The third-order valence-corrected chi connectivity index (χ3v) is 5.31. The fourth-order valence-corrected chi connectivity index (χ4v) is 3.58. The number of amides is 1. The van der Waals surface area contributed by atoms with Crippen LogP contribution in [0.15, 0.2) is 70.2 Å². The Morgan fingerprint density at radius 3 is 2.69 bits per heavy atom. The Kier molecular flexibility index (Phi) is 8.26. The second kappa shape index (κ2) is 11.3. The van der Waals surface area contributed by atoms with E-state index < -0.39 is 0 Å². The smallest absolute Gasteiger partial charge is 0.272 e. The van der Waals surface area contributed by atoms with Crippen molar-refractivity contribution in [3.05, 3.63) is 92.4 Å². The average molecular weight is 513 g/mol. The summed E-state index contributed by atoms with van der Waals surface area (Å²) in [5.74, 6) is 0.463. The van der Waals surface area contributed by atoms with Crippen LogP contribution >= 0.6 is 27.5 Å². The Morgan fingerprint density at radius 2 is 1.94 bits per heavy atom. The predicted octanol–water partition coefficient (Wildman–Crippen LogP) is 5.72. The molecule has 3 aromatic carbocycles. The normalized spacial score (nSPS) is 10.6. The average Bonchev–Trinajstić information content (AvgIpc) is 2.79. The van der Waals surface area contributed by atoms with Gasteiger partial charge in [-0.3, -0.25) is 4.79 Å². The van der Waals surface area contributed by atoms with Crippen LogP contribution in [0.1, 0.15) is 34.0 Å². The van der Waals surface area contributed by atoms with E-state index >= 15 is 0 Å². The summed E-state index contributed by atoms with van der Waals surface area (Å²) < 4.78 is 12.3. The van der Waals surface area contributed by atoms with Gasteiger partial charge in [-0.15, -0.1) is 0 Å². The van der Waals surface area contributed by atoms with Crippen molar-refractivity contribution >= 4 is 39.7 Å². The molecule has 0 bridgehead atoms. The first-order valence-electron chi connectivity index (χ1n) is 9.68. The zero-order valence-corrected chi connectivity index (χ0v) is 19.5. The van der Waals surface area contributed by atoms with E-state index in [0.29, 0.717) is 44.3 Å². The highest BCUT2D eigenvalue weighted by molar-refractivity contribution is 9.10. The topological polar surface area (TPSA) is 83.7 Å². The Hall–Kier alpha value is -3.34. The summed E-state index contributed by atoms with van der Waals surface area (Å²) in [6, 6.07) is 19.8. The zero-order valence-electron chi connectivity index (χ0n) is 17.1. The van der Waals surface area contributed by atoms with Crippen LogP contribution in [-0.4, -0.2) is 18.7 Å². The number of nitriles is 1.